The molecule has 2 aromatic carbocycles. The monoisotopic (exact) mass is 384 g/mol. The van der Waals surface area contributed by atoms with Crippen molar-refractivity contribution in [3.8, 4) is 11.5 Å². The van der Waals surface area contributed by atoms with Gasteiger partial charge in [-0.15, -0.1) is 0 Å². The number of ether oxygens (including phenoxy) is 1. The van der Waals surface area contributed by atoms with Crippen LogP contribution in [0.4, 0.5) is 8.78 Å². The summed E-state index contributed by atoms with van der Waals surface area (Å²) in [6.45, 7) is 2.07. The maximum atomic E-state index is 14.7. The molecule has 0 radical (unpaired) electrons. The molecule has 146 valence electrons. The van der Waals surface area contributed by atoms with Crippen LogP contribution in [-0.2, 0) is 13.1 Å². The molecule has 1 aliphatic rings. The lowest BCUT2D eigenvalue weighted by Crippen LogP contribution is -2.30. The molecule has 1 unspecified atom stereocenters. The highest BCUT2D eigenvalue weighted by atomic mass is 19.1. The molecule has 4 nitrogen and oxygen atoms in total. The van der Waals surface area contributed by atoms with E-state index in [0.717, 1.165) is 36.8 Å². The van der Waals surface area contributed by atoms with Gasteiger partial charge in [-0.1, -0.05) is 6.07 Å². The summed E-state index contributed by atoms with van der Waals surface area (Å²) in [5.41, 5.74) is 2.19. The Balaban J connectivity index is 1.77. The minimum atomic E-state index is -0.454. The highest BCUT2D eigenvalue weighted by molar-refractivity contribution is 5.42. The van der Waals surface area contributed by atoms with Crippen LogP contribution in [0.1, 0.15) is 29.3 Å². The molecular weight excluding hydrogens is 362 g/mol. The van der Waals surface area contributed by atoms with Crippen LogP contribution in [0, 0.1) is 11.6 Å². The van der Waals surface area contributed by atoms with Gasteiger partial charge in [0.05, 0.1) is 13.2 Å². The Morgan fingerprint density at radius 2 is 1.96 bits per heavy atom. The van der Waals surface area contributed by atoms with Crippen LogP contribution in [0.2, 0.25) is 0 Å². The molecule has 4 rings (SSSR count). The number of hydrogen-bond donors (Lipinski definition) is 1. The zero-order valence-electron chi connectivity index (χ0n) is 15.6. The van der Waals surface area contributed by atoms with Gasteiger partial charge >= 0.3 is 0 Å². The third kappa shape index (κ3) is 3.47. The van der Waals surface area contributed by atoms with E-state index in [2.05, 4.69) is 9.47 Å². The summed E-state index contributed by atoms with van der Waals surface area (Å²) in [5.74, 6) is -0.410. The number of fused-ring (bicyclic) bond motifs is 1. The molecular formula is C22H22F2N2O2. The largest absolute Gasteiger partial charge is 0.504 e. The summed E-state index contributed by atoms with van der Waals surface area (Å²) < 4.78 is 36.0. The number of rotatable bonds is 4. The van der Waals surface area contributed by atoms with Crippen molar-refractivity contribution in [2.75, 3.05) is 13.7 Å². The van der Waals surface area contributed by atoms with E-state index in [9.17, 15) is 13.9 Å². The van der Waals surface area contributed by atoms with E-state index in [1.165, 1.54) is 19.2 Å². The summed E-state index contributed by atoms with van der Waals surface area (Å²) in [6, 6.07) is 12.3. The average Bonchev–Trinajstić information content (AvgIpc) is 3.07. The van der Waals surface area contributed by atoms with Gasteiger partial charge in [-0.2, -0.15) is 0 Å². The lowest BCUT2D eigenvalue weighted by molar-refractivity contribution is 0.215. The molecule has 1 aliphatic heterocycles. The number of nitrogens with zero attached hydrogens (tertiary/aromatic N) is 2. The molecule has 0 fully saturated rings. The SMILES string of the molecule is COc1cc(CN2CCCn3cccc3C2c2cc(F)ccc2F)ccc1O. The van der Waals surface area contributed by atoms with E-state index in [4.69, 9.17) is 4.74 Å². The van der Waals surface area contributed by atoms with Crippen molar-refractivity contribution < 1.29 is 18.6 Å². The Kier molecular flexibility index (Phi) is 5.05. The van der Waals surface area contributed by atoms with E-state index in [1.54, 1.807) is 12.1 Å². The summed E-state index contributed by atoms with van der Waals surface area (Å²) in [5, 5.41) is 9.85. The van der Waals surface area contributed by atoms with E-state index < -0.39 is 17.7 Å². The van der Waals surface area contributed by atoms with E-state index in [0.29, 0.717) is 17.9 Å². The number of phenolic OH excluding ortho intramolecular Hbond substituents is 1. The van der Waals surface area contributed by atoms with Gasteiger partial charge in [-0.25, -0.2) is 8.78 Å². The molecule has 0 saturated carbocycles. The first-order valence-corrected chi connectivity index (χ1v) is 9.26. The molecule has 3 aromatic rings. The van der Waals surface area contributed by atoms with Crippen LogP contribution in [0.5, 0.6) is 11.5 Å². The van der Waals surface area contributed by atoms with Crippen molar-refractivity contribution in [1.29, 1.82) is 0 Å². The second kappa shape index (κ2) is 7.64. The number of aromatic nitrogens is 1. The lowest BCUT2D eigenvalue weighted by atomic mass is 10.00. The molecule has 0 bridgehead atoms. The van der Waals surface area contributed by atoms with Gasteiger partial charge in [0.2, 0.25) is 0 Å². The summed E-state index contributed by atoms with van der Waals surface area (Å²) >= 11 is 0. The molecule has 0 amide bonds. The van der Waals surface area contributed by atoms with Crippen molar-refractivity contribution in [2.24, 2.45) is 0 Å². The minimum Gasteiger partial charge on any atom is -0.504 e. The zero-order chi connectivity index (χ0) is 19.7. The van der Waals surface area contributed by atoms with Crippen molar-refractivity contribution in [2.45, 2.75) is 25.6 Å². The number of phenols is 1. The van der Waals surface area contributed by atoms with Gasteiger partial charge in [0.15, 0.2) is 11.5 Å². The highest BCUT2D eigenvalue weighted by Gasteiger charge is 2.30. The first-order chi connectivity index (χ1) is 13.6. The molecule has 1 N–H and O–H groups in total. The highest BCUT2D eigenvalue weighted by Crippen LogP contribution is 2.35. The topological polar surface area (TPSA) is 37.6 Å². The number of hydrogen-bond acceptors (Lipinski definition) is 3. The van der Waals surface area contributed by atoms with Crippen molar-refractivity contribution in [3.05, 3.63) is 83.2 Å². The van der Waals surface area contributed by atoms with Gasteiger partial charge in [0, 0.05) is 37.1 Å². The summed E-state index contributed by atoms with van der Waals surface area (Å²) in [7, 11) is 1.50. The van der Waals surface area contributed by atoms with Gasteiger partial charge in [0.1, 0.15) is 11.6 Å². The molecule has 0 saturated heterocycles. The molecule has 1 atom stereocenters. The second-order valence-electron chi connectivity index (χ2n) is 7.03. The molecule has 6 heteroatoms. The maximum absolute atomic E-state index is 14.7. The Labute approximate surface area is 162 Å². The van der Waals surface area contributed by atoms with E-state index in [1.807, 2.05) is 24.4 Å². The summed E-state index contributed by atoms with van der Waals surface area (Å²) in [6.07, 6.45) is 2.87. The molecule has 2 heterocycles. The fourth-order valence-electron chi connectivity index (χ4n) is 3.94. The predicted molar refractivity (Wildman–Crippen MR) is 102 cm³/mol. The molecule has 0 aliphatic carbocycles. The smallest absolute Gasteiger partial charge is 0.160 e. The van der Waals surface area contributed by atoms with E-state index >= 15 is 0 Å². The van der Waals surface area contributed by atoms with Crippen molar-refractivity contribution >= 4 is 0 Å². The number of methoxy groups -OCH3 is 1. The zero-order valence-corrected chi connectivity index (χ0v) is 15.6. The van der Waals surface area contributed by atoms with Crippen LogP contribution in [-0.4, -0.2) is 28.2 Å². The second-order valence-corrected chi connectivity index (χ2v) is 7.03. The van der Waals surface area contributed by atoms with Crippen molar-refractivity contribution in [3.63, 3.8) is 0 Å². The van der Waals surface area contributed by atoms with Crippen LogP contribution >= 0.6 is 0 Å². The lowest BCUT2D eigenvalue weighted by Gasteiger charge is -2.31. The Morgan fingerprint density at radius 1 is 1.11 bits per heavy atom. The maximum Gasteiger partial charge on any atom is 0.160 e. The number of aromatic hydroxyl groups is 1. The fraction of sp³-hybridized carbons (Fsp3) is 0.273. The van der Waals surface area contributed by atoms with Gasteiger partial charge in [-0.05, 0) is 54.4 Å². The normalized spacial score (nSPS) is 17.2. The van der Waals surface area contributed by atoms with E-state index in [-0.39, 0.29) is 5.75 Å². The van der Waals surface area contributed by atoms with Crippen molar-refractivity contribution in [1.82, 2.24) is 9.47 Å². The standard InChI is InChI=1S/C22H22F2N2O2/c1-28-21-12-15(5-8-20(21)27)14-26-11-3-10-25-9-2-4-19(25)22(26)17-13-16(23)6-7-18(17)24/h2,4-9,12-13,22,27H,3,10-11,14H2,1H3. The number of halogens is 2. The first kappa shape index (κ1) is 18.5. The van der Waals surface area contributed by atoms with Gasteiger partial charge in [-0.3, -0.25) is 4.90 Å². The third-order valence-electron chi connectivity index (χ3n) is 5.24. The Morgan fingerprint density at radius 3 is 2.79 bits per heavy atom. The van der Waals surface area contributed by atoms with Crippen LogP contribution < -0.4 is 4.74 Å². The average molecular weight is 384 g/mol. The Bertz CT molecular complexity index is 986. The predicted octanol–water partition coefficient (Wildman–Crippen LogP) is 4.48. The first-order valence-electron chi connectivity index (χ1n) is 9.26. The van der Waals surface area contributed by atoms with Crippen LogP contribution in [0.15, 0.2) is 54.7 Å². The van der Waals surface area contributed by atoms with Crippen LogP contribution in [0.25, 0.3) is 0 Å². The molecule has 0 spiro atoms. The molecule has 28 heavy (non-hydrogen) atoms. The number of benzene rings is 2. The fourth-order valence-corrected chi connectivity index (χ4v) is 3.94. The quantitative estimate of drug-likeness (QED) is 0.721. The van der Waals surface area contributed by atoms with Gasteiger partial charge < -0.3 is 14.4 Å². The Hall–Kier alpha value is -2.86. The minimum absolute atomic E-state index is 0.0729. The number of aryl methyl sites for hydroxylation is 1. The summed E-state index contributed by atoms with van der Waals surface area (Å²) in [4.78, 5) is 2.14. The van der Waals surface area contributed by atoms with Crippen LogP contribution in [0.3, 0.4) is 0 Å². The molecule has 1 aromatic heterocycles. The van der Waals surface area contributed by atoms with Gasteiger partial charge in [0.25, 0.3) is 0 Å². The third-order valence-corrected chi connectivity index (χ3v) is 5.24.